The number of rotatable bonds is 8. The summed E-state index contributed by atoms with van der Waals surface area (Å²) < 4.78 is 0. The molecule has 1 aromatic carbocycles. The van der Waals surface area contributed by atoms with Gasteiger partial charge in [0.25, 0.3) is 11.5 Å². The first-order valence-electron chi connectivity index (χ1n) is 11.4. The molecule has 0 spiro atoms. The highest BCUT2D eigenvalue weighted by atomic mass is 16.2. The molecule has 1 aliphatic rings. The van der Waals surface area contributed by atoms with Crippen molar-refractivity contribution in [2.45, 2.75) is 52.4 Å². The first kappa shape index (κ1) is 22.8. The minimum Gasteiger partial charge on any atom is -0.356 e. The quantitative estimate of drug-likeness (QED) is 0.632. The Balaban J connectivity index is 1.63. The van der Waals surface area contributed by atoms with Crippen molar-refractivity contribution in [1.29, 1.82) is 0 Å². The molecule has 0 bridgehead atoms. The number of hydrogen-bond donors (Lipinski definition) is 2. The van der Waals surface area contributed by atoms with E-state index in [-0.39, 0.29) is 23.3 Å². The Morgan fingerprint density at radius 2 is 2.00 bits per heavy atom. The monoisotopic (exact) mass is 423 g/mol. The second-order valence-corrected chi connectivity index (χ2v) is 8.43. The summed E-state index contributed by atoms with van der Waals surface area (Å²) in [6, 6.07) is 11.2. The molecule has 0 radical (unpaired) electrons. The van der Waals surface area contributed by atoms with E-state index >= 15 is 0 Å². The number of aryl methyl sites for hydroxylation is 1. The molecule has 1 saturated heterocycles. The molecule has 2 heterocycles. The van der Waals surface area contributed by atoms with Crippen LogP contribution in [0.15, 0.2) is 41.2 Å². The predicted molar refractivity (Wildman–Crippen MR) is 123 cm³/mol. The van der Waals surface area contributed by atoms with Gasteiger partial charge in [-0.3, -0.25) is 14.4 Å². The lowest BCUT2D eigenvalue weighted by Gasteiger charge is -2.32. The molecule has 6 heteroatoms. The lowest BCUT2D eigenvalue weighted by molar-refractivity contribution is -0.126. The number of hydrogen-bond acceptors (Lipinski definition) is 3. The number of carbonyl (C=O) groups excluding carboxylic acids is 2. The van der Waals surface area contributed by atoms with Crippen LogP contribution in [0.1, 0.15) is 61.4 Å². The summed E-state index contributed by atoms with van der Waals surface area (Å²) in [4.78, 5) is 42.6. The Morgan fingerprint density at radius 3 is 2.74 bits per heavy atom. The summed E-state index contributed by atoms with van der Waals surface area (Å²) in [5.41, 5.74) is 2.42. The van der Waals surface area contributed by atoms with Gasteiger partial charge in [0.05, 0.1) is 5.92 Å². The molecule has 1 atom stereocenters. The lowest BCUT2D eigenvalue weighted by atomic mass is 9.96. The zero-order valence-corrected chi connectivity index (χ0v) is 18.6. The van der Waals surface area contributed by atoms with Crippen LogP contribution in [-0.4, -0.2) is 41.3 Å². The number of pyridine rings is 1. The number of H-pyrrole nitrogens is 1. The summed E-state index contributed by atoms with van der Waals surface area (Å²) >= 11 is 0. The van der Waals surface area contributed by atoms with E-state index in [9.17, 15) is 14.4 Å². The second kappa shape index (κ2) is 10.9. The zero-order chi connectivity index (χ0) is 22.2. The van der Waals surface area contributed by atoms with Crippen molar-refractivity contribution < 1.29 is 9.59 Å². The van der Waals surface area contributed by atoms with Crippen LogP contribution in [0.4, 0.5) is 0 Å². The molecule has 2 amide bonds. The molecule has 6 nitrogen and oxygen atoms in total. The molecule has 2 N–H and O–H groups in total. The maximum Gasteiger partial charge on any atom is 0.261 e. The summed E-state index contributed by atoms with van der Waals surface area (Å²) in [6.45, 7) is 5.77. The van der Waals surface area contributed by atoms with E-state index < -0.39 is 5.56 Å². The van der Waals surface area contributed by atoms with Gasteiger partial charge in [-0.2, -0.15) is 0 Å². The third-order valence-electron chi connectivity index (χ3n) is 5.88. The highest BCUT2D eigenvalue weighted by Crippen LogP contribution is 2.20. The van der Waals surface area contributed by atoms with Crippen molar-refractivity contribution in [2.75, 3.05) is 19.6 Å². The van der Waals surface area contributed by atoms with Crippen molar-refractivity contribution >= 4 is 11.8 Å². The van der Waals surface area contributed by atoms with Crippen LogP contribution < -0.4 is 10.9 Å². The molecule has 0 saturated carbocycles. The Kier molecular flexibility index (Phi) is 8.04. The SMILES string of the molecule is CCCCCCNC(=O)C1CCCN(C(=O)c2ccc(-c3cccc(C)c3)[nH]c2=O)C1. The number of nitrogens with zero attached hydrogens (tertiary/aromatic N) is 1. The van der Waals surface area contributed by atoms with E-state index in [1.807, 2.05) is 31.2 Å². The Labute approximate surface area is 184 Å². The van der Waals surface area contributed by atoms with Crippen LogP contribution in [0.2, 0.25) is 0 Å². The van der Waals surface area contributed by atoms with Gasteiger partial charge >= 0.3 is 0 Å². The van der Waals surface area contributed by atoms with Gasteiger partial charge in [0, 0.05) is 25.3 Å². The Hall–Kier alpha value is -2.89. The van der Waals surface area contributed by atoms with Gasteiger partial charge in [-0.25, -0.2) is 0 Å². The van der Waals surface area contributed by atoms with Gasteiger partial charge < -0.3 is 15.2 Å². The van der Waals surface area contributed by atoms with Crippen LogP contribution >= 0.6 is 0 Å². The van der Waals surface area contributed by atoms with Gasteiger partial charge in [0.2, 0.25) is 5.91 Å². The zero-order valence-electron chi connectivity index (χ0n) is 18.6. The van der Waals surface area contributed by atoms with Gasteiger partial charge in [-0.05, 0) is 49.9 Å². The molecule has 1 aromatic heterocycles. The standard InChI is InChI=1S/C25H33N3O3/c1-3-4-5-6-14-26-23(29)20-11-8-15-28(17-20)25(31)21-12-13-22(27-24(21)30)19-10-7-9-18(2)16-19/h7,9-10,12-13,16,20H,3-6,8,11,14-15,17H2,1-2H3,(H,26,29)(H,27,30). The van der Waals surface area contributed by atoms with Crippen LogP contribution in [-0.2, 0) is 4.79 Å². The molecular weight excluding hydrogens is 390 g/mol. The average molecular weight is 424 g/mol. The highest BCUT2D eigenvalue weighted by Gasteiger charge is 2.29. The van der Waals surface area contributed by atoms with Crippen LogP contribution in [0.3, 0.4) is 0 Å². The summed E-state index contributed by atoms with van der Waals surface area (Å²) in [5, 5.41) is 3.01. The summed E-state index contributed by atoms with van der Waals surface area (Å²) in [7, 11) is 0. The number of carbonyl (C=O) groups is 2. The smallest absolute Gasteiger partial charge is 0.261 e. The minimum atomic E-state index is -0.397. The molecule has 3 rings (SSSR count). The third kappa shape index (κ3) is 6.06. The van der Waals surface area contributed by atoms with E-state index in [1.165, 1.54) is 12.8 Å². The van der Waals surface area contributed by atoms with Crippen LogP contribution in [0.25, 0.3) is 11.3 Å². The highest BCUT2D eigenvalue weighted by molar-refractivity contribution is 5.94. The number of benzene rings is 1. The number of piperidine rings is 1. The van der Waals surface area contributed by atoms with Crippen molar-refractivity contribution in [3.63, 3.8) is 0 Å². The van der Waals surface area contributed by atoms with Gasteiger partial charge in [0.1, 0.15) is 5.56 Å². The fourth-order valence-electron chi connectivity index (χ4n) is 4.08. The lowest BCUT2D eigenvalue weighted by Crippen LogP contribution is -2.46. The van der Waals surface area contributed by atoms with Crippen molar-refractivity contribution in [2.24, 2.45) is 5.92 Å². The molecule has 31 heavy (non-hydrogen) atoms. The Bertz CT molecular complexity index is 966. The van der Waals surface area contributed by atoms with E-state index in [1.54, 1.807) is 17.0 Å². The number of likely N-dealkylation sites (tertiary alicyclic amines) is 1. The molecule has 0 aliphatic carbocycles. The van der Waals surface area contributed by atoms with Gasteiger partial charge in [0.15, 0.2) is 0 Å². The molecule has 2 aromatic rings. The number of unbranched alkanes of at least 4 members (excludes halogenated alkanes) is 3. The maximum atomic E-state index is 13.0. The predicted octanol–water partition coefficient (Wildman–Crippen LogP) is 3.90. The average Bonchev–Trinajstić information content (AvgIpc) is 2.78. The van der Waals surface area contributed by atoms with E-state index in [0.29, 0.717) is 25.3 Å². The maximum absolute atomic E-state index is 13.0. The fraction of sp³-hybridized carbons (Fsp3) is 0.480. The van der Waals surface area contributed by atoms with Crippen LogP contribution in [0.5, 0.6) is 0 Å². The van der Waals surface area contributed by atoms with Gasteiger partial charge in [-0.15, -0.1) is 0 Å². The molecule has 166 valence electrons. The molecule has 1 fully saturated rings. The van der Waals surface area contributed by atoms with Crippen molar-refractivity contribution in [1.82, 2.24) is 15.2 Å². The normalized spacial score (nSPS) is 16.2. The number of nitrogens with one attached hydrogen (secondary N) is 2. The van der Waals surface area contributed by atoms with Gasteiger partial charge in [-0.1, -0.05) is 49.9 Å². The number of aromatic amines is 1. The number of aromatic nitrogens is 1. The van der Waals surface area contributed by atoms with Crippen molar-refractivity contribution in [3.8, 4) is 11.3 Å². The van der Waals surface area contributed by atoms with E-state index in [2.05, 4.69) is 17.2 Å². The first-order chi connectivity index (χ1) is 15.0. The fourth-order valence-corrected chi connectivity index (χ4v) is 4.08. The first-order valence-corrected chi connectivity index (χ1v) is 11.4. The minimum absolute atomic E-state index is 0.0118. The largest absolute Gasteiger partial charge is 0.356 e. The summed E-state index contributed by atoms with van der Waals surface area (Å²) in [6.07, 6.45) is 5.98. The second-order valence-electron chi connectivity index (χ2n) is 8.43. The topological polar surface area (TPSA) is 82.3 Å². The molecule has 1 unspecified atom stereocenters. The van der Waals surface area contributed by atoms with E-state index in [4.69, 9.17) is 0 Å². The van der Waals surface area contributed by atoms with Crippen molar-refractivity contribution in [3.05, 3.63) is 57.9 Å². The molecular formula is C25H33N3O3. The Morgan fingerprint density at radius 1 is 1.16 bits per heavy atom. The van der Waals surface area contributed by atoms with Crippen LogP contribution in [0, 0.1) is 12.8 Å². The van der Waals surface area contributed by atoms with E-state index in [0.717, 1.165) is 36.8 Å². The third-order valence-corrected chi connectivity index (χ3v) is 5.88. The molecule has 1 aliphatic heterocycles. The number of amides is 2. The summed E-state index contributed by atoms with van der Waals surface area (Å²) in [5.74, 6) is -0.510.